The predicted molar refractivity (Wildman–Crippen MR) is 163 cm³/mol. The molecular formula is C34H40O8. The lowest BCUT2D eigenvalue weighted by atomic mass is 9.90. The first-order chi connectivity index (χ1) is 20.3. The quantitative estimate of drug-likeness (QED) is 0.0976. The first-order valence-corrected chi connectivity index (χ1v) is 13.8. The summed E-state index contributed by atoms with van der Waals surface area (Å²) in [6.45, 7) is 18.9. The van der Waals surface area contributed by atoms with Crippen LogP contribution in [0.4, 0.5) is 0 Å². The topological polar surface area (TPSA) is 89.5 Å². The van der Waals surface area contributed by atoms with Crippen molar-refractivity contribution >= 4 is 22.7 Å². The van der Waals surface area contributed by atoms with Gasteiger partial charge in [0.15, 0.2) is 12.2 Å². The van der Waals surface area contributed by atoms with E-state index in [-0.39, 0.29) is 26.4 Å². The number of hydrogen-bond acceptors (Lipinski definition) is 8. The van der Waals surface area contributed by atoms with Gasteiger partial charge in [0.1, 0.15) is 24.7 Å². The zero-order valence-electron chi connectivity index (χ0n) is 24.5. The summed E-state index contributed by atoms with van der Waals surface area (Å²) in [5, 5.41) is 1.69. The maximum Gasteiger partial charge on any atom is 0.333 e. The van der Waals surface area contributed by atoms with E-state index in [1.54, 1.807) is 26.0 Å². The van der Waals surface area contributed by atoms with Crippen molar-refractivity contribution < 1.29 is 38.0 Å². The lowest BCUT2D eigenvalue weighted by molar-refractivity contribution is -0.149. The van der Waals surface area contributed by atoms with Gasteiger partial charge in [-0.25, -0.2) is 9.59 Å². The largest absolute Gasteiger partial charge is 0.489 e. The van der Waals surface area contributed by atoms with Crippen LogP contribution in [0.15, 0.2) is 86.0 Å². The van der Waals surface area contributed by atoms with Crippen LogP contribution in [-0.2, 0) is 41.4 Å². The molecule has 0 heterocycles. The van der Waals surface area contributed by atoms with E-state index in [9.17, 15) is 9.59 Å². The molecular weight excluding hydrogens is 536 g/mol. The van der Waals surface area contributed by atoms with Crippen molar-refractivity contribution in [2.24, 2.45) is 0 Å². The summed E-state index contributed by atoms with van der Waals surface area (Å²) in [7, 11) is 0. The highest BCUT2D eigenvalue weighted by atomic mass is 16.6. The molecule has 0 aliphatic heterocycles. The molecule has 2 aromatic carbocycles. The van der Waals surface area contributed by atoms with Crippen LogP contribution in [0.1, 0.15) is 25.0 Å². The summed E-state index contributed by atoms with van der Waals surface area (Å²) in [6, 6.07) is 7.78. The minimum absolute atomic E-state index is 0.0795. The van der Waals surface area contributed by atoms with Crippen molar-refractivity contribution in [3.05, 3.63) is 97.2 Å². The zero-order chi connectivity index (χ0) is 30.5. The summed E-state index contributed by atoms with van der Waals surface area (Å²) >= 11 is 0. The minimum atomic E-state index is -0.655. The fraction of sp³-hybridized carbons (Fsp3) is 0.353. The average Bonchev–Trinajstić information content (AvgIpc) is 2.98. The number of fused-ring (bicyclic) bond motifs is 2. The summed E-state index contributed by atoms with van der Waals surface area (Å²) in [4.78, 5) is 24.5. The maximum absolute atomic E-state index is 12.3. The molecule has 3 rings (SSSR count). The second kappa shape index (κ2) is 16.3. The molecule has 224 valence electrons. The maximum atomic E-state index is 12.3. The SMILES string of the molecule is C=CCOCC(COc1c2c(c(OCC(COCC=C)OC(=O)C(=C)C)c3ccccc13)CC=CC2)OC(=O)C(=C)C. The highest BCUT2D eigenvalue weighted by Crippen LogP contribution is 2.43. The summed E-state index contributed by atoms with van der Waals surface area (Å²) < 4.78 is 35.1. The van der Waals surface area contributed by atoms with Crippen molar-refractivity contribution in [1.29, 1.82) is 0 Å². The van der Waals surface area contributed by atoms with Crippen molar-refractivity contribution in [1.82, 2.24) is 0 Å². The van der Waals surface area contributed by atoms with E-state index < -0.39 is 24.1 Å². The molecule has 8 nitrogen and oxygen atoms in total. The third-order valence-electron chi connectivity index (χ3n) is 6.29. The molecule has 1 aliphatic carbocycles. The summed E-state index contributed by atoms with van der Waals surface area (Å²) in [5.41, 5.74) is 2.53. The fourth-order valence-corrected chi connectivity index (χ4v) is 4.30. The van der Waals surface area contributed by atoms with E-state index in [1.165, 1.54) is 0 Å². The Kier molecular flexibility index (Phi) is 12.6. The van der Waals surface area contributed by atoms with Crippen LogP contribution in [0, 0.1) is 0 Å². The Morgan fingerprint density at radius 1 is 0.738 bits per heavy atom. The summed E-state index contributed by atoms with van der Waals surface area (Å²) in [6.07, 6.45) is 7.37. The van der Waals surface area contributed by atoms with Crippen LogP contribution < -0.4 is 9.47 Å². The number of rotatable bonds is 18. The highest BCUT2D eigenvalue weighted by Gasteiger charge is 2.25. The van der Waals surface area contributed by atoms with Gasteiger partial charge in [0.05, 0.1) is 26.4 Å². The second-order valence-electron chi connectivity index (χ2n) is 9.93. The van der Waals surface area contributed by atoms with Gasteiger partial charge in [-0.15, -0.1) is 13.2 Å². The number of esters is 2. The Labute approximate surface area is 247 Å². The average molecular weight is 577 g/mol. The molecule has 0 fully saturated rings. The molecule has 2 atom stereocenters. The van der Waals surface area contributed by atoms with E-state index in [0.29, 0.717) is 48.7 Å². The number of ether oxygens (including phenoxy) is 6. The molecule has 42 heavy (non-hydrogen) atoms. The third kappa shape index (κ3) is 8.93. The van der Waals surface area contributed by atoms with Crippen LogP contribution in [-0.4, -0.2) is 63.8 Å². The third-order valence-corrected chi connectivity index (χ3v) is 6.29. The van der Waals surface area contributed by atoms with E-state index in [2.05, 4.69) is 38.5 Å². The molecule has 0 saturated heterocycles. The van der Waals surface area contributed by atoms with E-state index in [1.807, 2.05) is 24.3 Å². The highest BCUT2D eigenvalue weighted by molar-refractivity contribution is 5.96. The molecule has 0 N–H and O–H groups in total. The van der Waals surface area contributed by atoms with Gasteiger partial charge in [-0.1, -0.05) is 61.7 Å². The zero-order valence-corrected chi connectivity index (χ0v) is 24.5. The van der Waals surface area contributed by atoms with Gasteiger partial charge in [-0.3, -0.25) is 0 Å². The predicted octanol–water partition coefficient (Wildman–Crippen LogP) is 5.63. The molecule has 2 unspecified atom stereocenters. The number of hydrogen-bond donors (Lipinski definition) is 0. The van der Waals surface area contributed by atoms with Crippen LogP contribution in [0.2, 0.25) is 0 Å². The first-order valence-electron chi connectivity index (χ1n) is 13.8. The standard InChI is InChI=1S/C34H40O8/c1-7-17-37-19-25(41-33(35)23(3)4)21-39-31-27-13-9-11-15-29(27)32(30-16-12-10-14-28(30)31)40-22-26(20-38-18-8-2)42-34(36)24(5)6/h7-13,15,25-26H,1-3,5,14,16-22H2,4,6H3. The minimum Gasteiger partial charge on any atom is -0.489 e. The molecule has 0 radical (unpaired) electrons. The molecule has 0 spiro atoms. The normalized spacial score (nSPS) is 13.4. The fourth-order valence-electron chi connectivity index (χ4n) is 4.30. The Balaban J connectivity index is 1.93. The Bertz CT molecular complexity index is 1240. The Morgan fingerprint density at radius 3 is 1.50 bits per heavy atom. The van der Waals surface area contributed by atoms with Crippen LogP contribution >= 0.6 is 0 Å². The van der Waals surface area contributed by atoms with E-state index in [4.69, 9.17) is 28.4 Å². The first kappa shape index (κ1) is 32.4. The van der Waals surface area contributed by atoms with E-state index >= 15 is 0 Å². The number of carbonyl (C=O) groups excluding carboxylic acids is 2. The molecule has 0 bridgehead atoms. The van der Waals surface area contributed by atoms with Crippen molar-refractivity contribution in [2.45, 2.75) is 38.9 Å². The van der Waals surface area contributed by atoms with E-state index in [0.717, 1.165) is 21.9 Å². The van der Waals surface area contributed by atoms with Gasteiger partial charge in [0, 0.05) is 33.0 Å². The van der Waals surface area contributed by atoms with Crippen molar-refractivity contribution in [2.75, 3.05) is 39.6 Å². The molecule has 0 amide bonds. The Morgan fingerprint density at radius 2 is 1.14 bits per heavy atom. The molecule has 0 aromatic heterocycles. The van der Waals surface area contributed by atoms with Gasteiger partial charge < -0.3 is 28.4 Å². The number of allylic oxidation sites excluding steroid dienone is 2. The molecule has 0 saturated carbocycles. The van der Waals surface area contributed by atoms with Gasteiger partial charge in [-0.05, 0) is 26.7 Å². The smallest absolute Gasteiger partial charge is 0.333 e. The van der Waals surface area contributed by atoms with Crippen LogP contribution in [0.5, 0.6) is 11.5 Å². The van der Waals surface area contributed by atoms with Crippen LogP contribution in [0.25, 0.3) is 10.8 Å². The van der Waals surface area contributed by atoms with Gasteiger partial charge in [0.2, 0.25) is 0 Å². The number of benzene rings is 2. The van der Waals surface area contributed by atoms with Crippen molar-refractivity contribution in [3.63, 3.8) is 0 Å². The molecule has 2 aromatic rings. The molecule has 1 aliphatic rings. The molecule has 8 heteroatoms. The van der Waals surface area contributed by atoms with Gasteiger partial charge in [0.25, 0.3) is 0 Å². The van der Waals surface area contributed by atoms with Gasteiger partial charge in [-0.2, -0.15) is 0 Å². The number of carbonyl (C=O) groups is 2. The monoisotopic (exact) mass is 576 g/mol. The lowest BCUT2D eigenvalue weighted by Crippen LogP contribution is -2.31. The summed E-state index contributed by atoms with van der Waals surface area (Å²) in [5.74, 6) is 0.362. The lowest BCUT2D eigenvalue weighted by Gasteiger charge is -2.26. The van der Waals surface area contributed by atoms with Crippen molar-refractivity contribution in [3.8, 4) is 11.5 Å². The Hall–Kier alpha value is -4.14. The van der Waals surface area contributed by atoms with Gasteiger partial charge >= 0.3 is 11.9 Å². The van der Waals surface area contributed by atoms with Crippen LogP contribution in [0.3, 0.4) is 0 Å². The second-order valence-corrected chi connectivity index (χ2v) is 9.93.